The van der Waals surface area contributed by atoms with Gasteiger partial charge in [0.25, 0.3) is 5.91 Å². The maximum atomic E-state index is 13.4. The number of alkyl halides is 3. The van der Waals surface area contributed by atoms with Crippen LogP contribution in [0.1, 0.15) is 39.9 Å². The second-order valence-electron chi connectivity index (χ2n) is 8.40. The van der Waals surface area contributed by atoms with E-state index in [-0.39, 0.29) is 34.7 Å². The van der Waals surface area contributed by atoms with E-state index in [1.54, 1.807) is 40.9 Å². The zero-order chi connectivity index (χ0) is 24.2. The molecule has 11 heteroatoms. The van der Waals surface area contributed by atoms with Crippen LogP contribution >= 0.6 is 0 Å². The lowest BCUT2D eigenvalue weighted by Crippen LogP contribution is -2.29. The van der Waals surface area contributed by atoms with Crippen molar-refractivity contribution in [2.45, 2.75) is 25.4 Å². The van der Waals surface area contributed by atoms with Gasteiger partial charge >= 0.3 is 6.18 Å². The summed E-state index contributed by atoms with van der Waals surface area (Å²) in [6, 6.07) is 10.1. The van der Waals surface area contributed by atoms with E-state index in [9.17, 15) is 22.4 Å². The number of rotatable bonds is 3. The maximum Gasteiger partial charge on any atom is 0.433 e. The quantitative estimate of drug-likeness (QED) is 0.419. The monoisotopic (exact) mass is 472 g/mol. The van der Waals surface area contributed by atoms with Gasteiger partial charge in [-0.25, -0.2) is 13.9 Å². The molecule has 0 aliphatic carbocycles. The molecule has 3 aromatic heterocycles. The van der Waals surface area contributed by atoms with Gasteiger partial charge in [-0.15, -0.1) is 0 Å². The number of carbonyl (C=O) groups excluding carboxylic acids is 1. The van der Waals surface area contributed by atoms with Crippen LogP contribution in [0.15, 0.2) is 42.5 Å². The van der Waals surface area contributed by atoms with Crippen molar-refractivity contribution in [3.63, 3.8) is 0 Å². The van der Waals surface area contributed by atoms with E-state index in [0.717, 1.165) is 16.1 Å². The van der Waals surface area contributed by atoms with Gasteiger partial charge in [0, 0.05) is 37.8 Å². The van der Waals surface area contributed by atoms with Crippen molar-refractivity contribution < 1.29 is 22.4 Å². The molecule has 1 saturated heterocycles. The van der Waals surface area contributed by atoms with Gasteiger partial charge in [0.1, 0.15) is 11.5 Å². The van der Waals surface area contributed by atoms with Crippen molar-refractivity contribution in [3.05, 3.63) is 71.1 Å². The van der Waals surface area contributed by atoms with E-state index in [1.807, 2.05) is 0 Å². The Bertz CT molecular complexity index is 1390. The summed E-state index contributed by atoms with van der Waals surface area (Å²) in [5.41, 5.74) is 1.60. The first kappa shape index (κ1) is 22.1. The molecule has 1 aliphatic rings. The van der Waals surface area contributed by atoms with Crippen molar-refractivity contribution in [1.29, 1.82) is 0 Å². The third-order valence-corrected chi connectivity index (χ3v) is 6.00. The number of aryl methyl sites for hydroxylation is 2. The molecule has 1 fully saturated rings. The van der Waals surface area contributed by atoms with Crippen LogP contribution in [0.25, 0.3) is 16.9 Å². The Balaban J connectivity index is 1.37. The van der Waals surface area contributed by atoms with E-state index >= 15 is 0 Å². The largest absolute Gasteiger partial charge is 0.433 e. The van der Waals surface area contributed by atoms with Crippen molar-refractivity contribution >= 4 is 11.6 Å². The molecular formula is C23H20F4N6O. The van der Waals surface area contributed by atoms with E-state index in [2.05, 4.69) is 15.2 Å². The van der Waals surface area contributed by atoms with Crippen LogP contribution in [-0.4, -0.2) is 48.3 Å². The SMILES string of the molecule is Cc1cc(C(F)(F)F)n2nc(C3CCN(C(=O)c4cc(-c5ccc(F)cc5)n(C)n4)C3)cc2n1. The molecular weight excluding hydrogens is 452 g/mol. The second kappa shape index (κ2) is 7.93. The fourth-order valence-corrected chi connectivity index (χ4v) is 4.33. The Labute approximate surface area is 191 Å². The topological polar surface area (TPSA) is 68.3 Å². The number of hydrogen-bond acceptors (Lipinski definition) is 4. The van der Waals surface area contributed by atoms with Crippen LogP contribution < -0.4 is 0 Å². The smallest absolute Gasteiger partial charge is 0.337 e. The summed E-state index contributed by atoms with van der Waals surface area (Å²) in [5, 5.41) is 8.49. The van der Waals surface area contributed by atoms with Crippen molar-refractivity contribution in [3.8, 4) is 11.3 Å². The first-order chi connectivity index (χ1) is 16.1. The number of carbonyl (C=O) groups is 1. The van der Waals surface area contributed by atoms with Gasteiger partial charge in [0.05, 0.1) is 11.4 Å². The van der Waals surface area contributed by atoms with Gasteiger partial charge in [-0.05, 0) is 55.3 Å². The number of nitrogens with zero attached hydrogens (tertiary/aromatic N) is 6. The average molecular weight is 472 g/mol. The number of aromatic nitrogens is 5. The molecule has 176 valence electrons. The lowest BCUT2D eigenvalue weighted by Gasteiger charge is -2.14. The highest BCUT2D eigenvalue weighted by atomic mass is 19.4. The zero-order valence-corrected chi connectivity index (χ0v) is 18.3. The van der Waals surface area contributed by atoms with Gasteiger partial charge in [0.15, 0.2) is 11.3 Å². The predicted molar refractivity (Wildman–Crippen MR) is 115 cm³/mol. The standard InChI is InChI=1S/C23H20F4N6O/c1-13-9-20(23(25,26)27)33-21(28-13)11-17(30-33)15-7-8-32(12-15)22(34)18-10-19(31(2)29-18)14-3-5-16(24)6-4-14/h3-6,9-11,15H,7-8,12H2,1-2H3. The molecule has 0 radical (unpaired) electrons. The molecule has 0 N–H and O–H groups in total. The number of halogens is 4. The van der Waals surface area contributed by atoms with E-state index in [4.69, 9.17) is 0 Å². The molecule has 0 spiro atoms. The van der Waals surface area contributed by atoms with Gasteiger partial charge in [-0.2, -0.15) is 23.4 Å². The Kier molecular flexibility index (Phi) is 5.14. The molecule has 4 heterocycles. The minimum atomic E-state index is -4.56. The molecule has 5 rings (SSSR count). The van der Waals surface area contributed by atoms with Gasteiger partial charge < -0.3 is 4.90 Å². The second-order valence-corrected chi connectivity index (χ2v) is 8.40. The average Bonchev–Trinajstić information content (AvgIpc) is 3.50. The molecule has 4 aromatic rings. The maximum absolute atomic E-state index is 13.4. The molecule has 1 unspecified atom stereocenters. The molecule has 0 bridgehead atoms. The summed E-state index contributed by atoms with van der Waals surface area (Å²) in [5.74, 6) is -0.850. The van der Waals surface area contributed by atoms with Crippen molar-refractivity contribution in [2.24, 2.45) is 7.05 Å². The lowest BCUT2D eigenvalue weighted by atomic mass is 10.1. The highest BCUT2D eigenvalue weighted by molar-refractivity contribution is 5.93. The van der Waals surface area contributed by atoms with Crippen molar-refractivity contribution in [1.82, 2.24) is 29.3 Å². The summed E-state index contributed by atoms with van der Waals surface area (Å²) < 4.78 is 56.0. The molecule has 34 heavy (non-hydrogen) atoms. The normalized spacial score (nSPS) is 16.5. The highest BCUT2D eigenvalue weighted by Gasteiger charge is 2.36. The molecule has 1 aliphatic heterocycles. The highest BCUT2D eigenvalue weighted by Crippen LogP contribution is 2.33. The molecule has 7 nitrogen and oxygen atoms in total. The number of fused-ring (bicyclic) bond motifs is 1. The van der Waals surface area contributed by atoms with Crippen LogP contribution in [0.3, 0.4) is 0 Å². The summed E-state index contributed by atoms with van der Waals surface area (Å²) >= 11 is 0. The number of benzene rings is 1. The number of amides is 1. The molecule has 1 amide bonds. The van der Waals surface area contributed by atoms with Crippen LogP contribution in [0.4, 0.5) is 17.6 Å². The predicted octanol–water partition coefficient (Wildman–Crippen LogP) is 4.23. The first-order valence-corrected chi connectivity index (χ1v) is 10.6. The van der Waals surface area contributed by atoms with Gasteiger partial charge in [-0.3, -0.25) is 9.48 Å². The van der Waals surface area contributed by atoms with Crippen LogP contribution in [0, 0.1) is 12.7 Å². The Morgan fingerprint density at radius 2 is 1.82 bits per heavy atom. The number of likely N-dealkylation sites (tertiary alicyclic amines) is 1. The number of hydrogen-bond donors (Lipinski definition) is 0. The van der Waals surface area contributed by atoms with Crippen LogP contribution in [-0.2, 0) is 13.2 Å². The van der Waals surface area contributed by atoms with Gasteiger partial charge in [0.2, 0.25) is 0 Å². The first-order valence-electron chi connectivity index (χ1n) is 10.6. The fraction of sp³-hybridized carbons (Fsp3) is 0.304. The zero-order valence-electron chi connectivity index (χ0n) is 18.3. The fourth-order valence-electron chi connectivity index (χ4n) is 4.33. The molecule has 0 saturated carbocycles. The Morgan fingerprint density at radius 1 is 1.09 bits per heavy atom. The molecule has 1 aromatic carbocycles. The minimum Gasteiger partial charge on any atom is -0.337 e. The van der Waals surface area contributed by atoms with E-state index in [1.165, 1.54) is 19.1 Å². The van der Waals surface area contributed by atoms with Gasteiger partial charge in [-0.1, -0.05) is 0 Å². The summed E-state index contributed by atoms with van der Waals surface area (Å²) in [4.78, 5) is 18.9. The molecule has 1 atom stereocenters. The Morgan fingerprint density at radius 3 is 2.53 bits per heavy atom. The third-order valence-electron chi connectivity index (χ3n) is 6.00. The Hall–Kier alpha value is -3.76. The van der Waals surface area contributed by atoms with Crippen LogP contribution in [0.5, 0.6) is 0 Å². The van der Waals surface area contributed by atoms with E-state index in [0.29, 0.717) is 30.9 Å². The summed E-state index contributed by atoms with van der Waals surface area (Å²) in [6.07, 6.45) is -4.00. The van der Waals surface area contributed by atoms with Crippen molar-refractivity contribution in [2.75, 3.05) is 13.1 Å². The minimum absolute atomic E-state index is 0.126. The summed E-state index contributed by atoms with van der Waals surface area (Å²) in [7, 11) is 1.70. The summed E-state index contributed by atoms with van der Waals surface area (Å²) in [6.45, 7) is 2.24. The van der Waals surface area contributed by atoms with E-state index < -0.39 is 11.9 Å². The lowest BCUT2D eigenvalue weighted by molar-refractivity contribution is -0.142. The third kappa shape index (κ3) is 3.91. The van der Waals surface area contributed by atoms with Crippen LogP contribution in [0.2, 0.25) is 0 Å².